The molecule has 0 atom stereocenters. The Balaban J connectivity index is 0. The molecule has 0 aliphatic carbocycles. The van der Waals surface area contributed by atoms with E-state index in [0.29, 0.717) is 10.5 Å². The Morgan fingerprint density at radius 2 is 0.810 bits per heavy atom. The Morgan fingerprint density at radius 3 is 0.952 bits per heavy atom. The van der Waals surface area contributed by atoms with Crippen molar-refractivity contribution >= 4 is 23.9 Å². The average Bonchev–Trinajstić information content (AvgIpc) is 2.22. The summed E-state index contributed by atoms with van der Waals surface area (Å²) in [5, 5.41) is 1.15. The largest absolute Gasteiger partial charge is 0.333 e. The molecule has 10 nitrogen and oxygen atoms in total. The van der Waals surface area contributed by atoms with Gasteiger partial charge in [0.2, 0.25) is 0 Å². The van der Waals surface area contributed by atoms with Crippen LogP contribution in [0.25, 0.3) is 0 Å². The maximum Gasteiger partial charge on any atom is 0.326 e. The Morgan fingerprint density at radius 1 is 0.619 bits per heavy atom. The van der Waals surface area contributed by atoms with Crippen molar-refractivity contribution in [3.05, 3.63) is 0 Å². The Labute approximate surface area is 131 Å². The van der Waals surface area contributed by atoms with Gasteiger partial charge in [-0.2, -0.15) is 0 Å². The average molecular weight is 348 g/mol. The van der Waals surface area contributed by atoms with Gasteiger partial charge >= 0.3 is 23.9 Å². The minimum absolute atomic E-state index is 0. The van der Waals surface area contributed by atoms with Crippen LogP contribution in [0.1, 0.15) is 27.7 Å². The molecule has 0 fully saturated rings. The zero-order valence-corrected chi connectivity index (χ0v) is 13.0. The maximum absolute atomic E-state index is 10.8. The number of hydrogen-bond acceptors (Lipinski definition) is 10. The minimum atomic E-state index is -0.724. The second-order valence-corrected chi connectivity index (χ2v) is 3.44. The molecule has 0 aromatic heterocycles. The molecule has 0 aromatic rings. The Bertz CT molecular complexity index is 321. The zero-order valence-electron chi connectivity index (χ0n) is 11.9. The van der Waals surface area contributed by atoms with Crippen molar-refractivity contribution in [2.75, 3.05) is 13.1 Å². The summed E-state index contributed by atoms with van der Waals surface area (Å²) >= 11 is 0. The van der Waals surface area contributed by atoms with E-state index in [-0.39, 0.29) is 30.2 Å². The molecule has 0 unspecified atom stereocenters. The third-order valence-corrected chi connectivity index (χ3v) is 1.39. The van der Waals surface area contributed by atoms with Crippen molar-refractivity contribution in [1.29, 1.82) is 0 Å². The standard InChI is InChI=1S/C10H16N2O8.Fe/c1-7(13)17-11(18-8(2)14)5-6-12(19-9(3)15)20-10(4)16;/h5-6H2,1-4H3;. The summed E-state index contributed by atoms with van der Waals surface area (Å²) < 4.78 is 0. The fourth-order valence-electron chi connectivity index (χ4n) is 0.957. The van der Waals surface area contributed by atoms with E-state index in [2.05, 4.69) is 19.4 Å². The summed E-state index contributed by atoms with van der Waals surface area (Å²) in [6.45, 7) is 3.97. The van der Waals surface area contributed by atoms with E-state index in [1.807, 2.05) is 0 Å². The van der Waals surface area contributed by atoms with E-state index in [1.54, 1.807) is 0 Å². The maximum atomic E-state index is 10.8. The first-order valence-electron chi connectivity index (χ1n) is 5.50. The molecule has 0 bridgehead atoms. The van der Waals surface area contributed by atoms with E-state index >= 15 is 0 Å². The van der Waals surface area contributed by atoms with Crippen molar-refractivity contribution in [3.8, 4) is 0 Å². The van der Waals surface area contributed by atoms with Gasteiger partial charge in [-0.25, -0.2) is 0 Å². The third-order valence-electron chi connectivity index (χ3n) is 1.39. The van der Waals surface area contributed by atoms with Crippen LogP contribution in [0.2, 0.25) is 0 Å². The predicted octanol–water partition coefficient (Wildman–Crippen LogP) is -0.500. The summed E-state index contributed by atoms with van der Waals surface area (Å²) in [6, 6.07) is 0. The van der Waals surface area contributed by atoms with Crippen LogP contribution in [0, 0.1) is 0 Å². The van der Waals surface area contributed by atoms with E-state index < -0.39 is 23.9 Å². The van der Waals surface area contributed by atoms with Crippen LogP contribution in [-0.2, 0) is 55.6 Å². The summed E-state index contributed by atoms with van der Waals surface area (Å²) in [6.07, 6.45) is 0. The number of hydroxylamine groups is 4. The second kappa shape index (κ2) is 11.0. The Hall–Kier alpha value is -1.68. The molecule has 0 heterocycles. The van der Waals surface area contributed by atoms with Gasteiger partial charge in [-0.1, -0.05) is 0 Å². The molecule has 0 saturated heterocycles. The van der Waals surface area contributed by atoms with Crippen molar-refractivity contribution in [3.63, 3.8) is 0 Å². The molecular weight excluding hydrogens is 332 g/mol. The van der Waals surface area contributed by atoms with Crippen LogP contribution in [-0.4, -0.2) is 47.4 Å². The fourth-order valence-corrected chi connectivity index (χ4v) is 0.957. The van der Waals surface area contributed by atoms with Crippen molar-refractivity contribution < 1.29 is 55.6 Å². The topological polar surface area (TPSA) is 112 Å². The minimum Gasteiger partial charge on any atom is -0.333 e. The van der Waals surface area contributed by atoms with Gasteiger partial charge in [-0.05, 0) is 0 Å². The van der Waals surface area contributed by atoms with Crippen LogP contribution in [0.5, 0.6) is 0 Å². The molecule has 0 aromatic carbocycles. The van der Waals surface area contributed by atoms with Gasteiger partial charge in [-0.15, -0.1) is 0 Å². The van der Waals surface area contributed by atoms with Crippen LogP contribution in [0.3, 0.4) is 0 Å². The molecular formula is C10H16FeN2O8. The smallest absolute Gasteiger partial charge is 0.326 e. The van der Waals surface area contributed by atoms with Gasteiger partial charge in [0.15, 0.2) is 0 Å². The molecule has 0 amide bonds. The molecule has 0 spiro atoms. The molecule has 122 valence electrons. The van der Waals surface area contributed by atoms with Gasteiger partial charge in [0, 0.05) is 55.2 Å². The Kier molecular flexibility index (Phi) is 11.4. The number of carbonyl (C=O) groups excluding carboxylic acids is 4. The van der Waals surface area contributed by atoms with Crippen LogP contribution >= 0.6 is 0 Å². The van der Waals surface area contributed by atoms with Gasteiger partial charge in [-0.3, -0.25) is 19.2 Å². The fraction of sp³-hybridized carbons (Fsp3) is 0.600. The number of rotatable bonds is 7. The molecule has 0 N–H and O–H groups in total. The van der Waals surface area contributed by atoms with Gasteiger partial charge in [0.05, 0.1) is 13.1 Å². The van der Waals surface area contributed by atoms with E-state index in [4.69, 9.17) is 0 Å². The summed E-state index contributed by atoms with van der Waals surface area (Å²) in [4.78, 5) is 61.4. The quantitative estimate of drug-likeness (QED) is 0.441. The first-order valence-corrected chi connectivity index (χ1v) is 5.50. The predicted molar refractivity (Wildman–Crippen MR) is 60.5 cm³/mol. The first kappa shape index (κ1) is 21.6. The van der Waals surface area contributed by atoms with Crippen molar-refractivity contribution in [1.82, 2.24) is 10.5 Å². The van der Waals surface area contributed by atoms with E-state index in [9.17, 15) is 19.2 Å². The molecule has 0 aliphatic heterocycles. The van der Waals surface area contributed by atoms with Crippen LogP contribution in [0.4, 0.5) is 0 Å². The number of carbonyl (C=O) groups is 4. The van der Waals surface area contributed by atoms with Crippen LogP contribution in [0.15, 0.2) is 0 Å². The zero-order chi connectivity index (χ0) is 15.7. The van der Waals surface area contributed by atoms with E-state index in [1.165, 1.54) is 0 Å². The molecule has 21 heavy (non-hydrogen) atoms. The normalized spacial score (nSPS) is 9.62. The summed E-state index contributed by atoms with van der Waals surface area (Å²) in [7, 11) is 0. The van der Waals surface area contributed by atoms with Gasteiger partial charge in [0.1, 0.15) is 0 Å². The van der Waals surface area contributed by atoms with Crippen molar-refractivity contribution in [2.45, 2.75) is 27.7 Å². The third kappa shape index (κ3) is 13.1. The first-order chi connectivity index (χ1) is 9.20. The monoisotopic (exact) mass is 348 g/mol. The SMILES string of the molecule is CC(=O)ON(CCN(OC(C)=O)OC(C)=O)OC(C)=O.[Fe]. The van der Waals surface area contributed by atoms with E-state index in [0.717, 1.165) is 27.7 Å². The molecule has 11 heteroatoms. The van der Waals surface area contributed by atoms with Gasteiger partial charge in [0.25, 0.3) is 0 Å². The van der Waals surface area contributed by atoms with Gasteiger partial charge < -0.3 is 19.4 Å². The number of nitrogens with zero attached hydrogens (tertiary/aromatic N) is 2. The summed E-state index contributed by atoms with van der Waals surface area (Å²) in [5.41, 5.74) is 0. The summed E-state index contributed by atoms with van der Waals surface area (Å²) in [5.74, 6) is -2.90. The molecule has 0 aliphatic rings. The number of hydrogen-bond donors (Lipinski definition) is 0. The van der Waals surface area contributed by atoms with Crippen molar-refractivity contribution in [2.24, 2.45) is 0 Å². The molecule has 0 rings (SSSR count). The molecule has 0 radical (unpaired) electrons. The van der Waals surface area contributed by atoms with Crippen LogP contribution < -0.4 is 0 Å². The second-order valence-electron chi connectivity index (χ2n) is 3.44. The molecule has 0 saturated carbocycles.